The van der Waals surface area contributed by atoms with Gasteiger partial charge < -0.3 is 9.84 Å². The maximum Gasteiger partial charge on any atom is 0.323 e. The molecule has 2 atom stereocenters. The van der Waals surface area contributed by atoms with Gasteiger partial charge in [0, 0.05) is 12.7 Å². The molecule has 2 unspecified atom stereocenters. The molecule has 92 valence electrons. The van der Waals surface area contributed by atoms with Crippen LogP contribution in [-0.4, -0.2) is 46.8 Å². The highest BCUT2D eigenvalue weighted by Gasteiger charge is 2.33. The van der Waals surface area contributed by atoms with E-state index in [-0.39, 0.29) is 12.6 Å². The average molecular weight is 236 g/mol. The number of carbonyl (C=O) groups is 1. The number of rotatable bonds is 3. The van der Waals surface area contributed by atoms with E-state index < -0.39 is 12.0 Å². The number of hydrogen-bond donors (Lipinski definition) is 1. The summed E-state index contributed by atoms with van der Waals surface area (Å²) < 4.78 is 5.22. The number of nitrogens with zero attached hydrogens (tertiary/aromatic N) is 2. The number of aromatic nitrogens is 1. The fraction of sp³-hybridized carbons (Fsp3) is 0.500. The molecule has 5 heteroatoms. The van der Waals surface area contributed by atoms with E-state index in [1.165, 1.54) is 0 Å². The molecule has 1 fully saturated rings. The number of carboxylic acid groups (broad SMARTS) is 1. The van der Waals surface area contributed by atoms with Crippen LogP contribution in [0.4, 0.5) is 0 Å². The van der Waals surface area contributed by atoms with Crippen LogP contribution in [0.5, 0.6) is 0 Å². The van der Waals surface area contributed by atoms with Gasteiger partial charge in [0.25, 0.3) is 0 Å². The Morgan fingerprint density at radius 3 is 3.12 bits per heavy atom. The summed E-state index contributed by atoms with van der Waals surface area (Å²) in [6.07, 6.45) is 1.72. The molecule has 1 aromatic rings. The molecule has 0 bridgehead atoms. The molecule has 5 nitrogen and oxygen atoms in total. The standard InChI is InChI=1S/C12H16N2O3/c1-9(10-4-2-3-5-13-10)14-6-7-17-8-11(14)12(15)16/h2-5,9,11H,6-8H2,1H3,(H,15,16). The van der Waals surface area contributed by atoms with Crippen LogP contribution in [0, 0.1) is 0 Å². The summed E-state index contributed by atoms with van der Waals surface area (Å²) in [7, 11) is 0. The lowest BCUT2D eigenvalue weighted by atomic mass is 10.1. The van der Waals surface area contributed by atoms with Crippen molar-refractivity contribution >= 4 is 5.97 Å². The molecule has 0 aromatic carbocycles. The Balaban J connectivity index is 2.16. The van der Waals surface area contributed by atoms with Gasteiger partial charge in [0.1, 0.15) is 6.04 Å². The predicted molar refractivity (Wildman–Crippen MR) is 61.6 cm³/mol. The van der Waals surface area contributed by atoms with Gasteiger partial charge in [-0.15, -0.1) is 0 Å². The molecule has 1 aromatic heterocycles. The molecular formula is C12H16N2O3. The first-order valence-electron chi connectivity index (χ1n) is 5.67. The molecule has 17 heavy (non-hydrogen) atoms. The minimum absolute atomic E-state index is 0.0128. The second kappa shape index (κ2) is 5.25. The molecule has 1 aliphatic rings. The van der Waals surface area contributed by atoms with Crippen molar-refractivity contribution in [3.8, 4) is 0 Å². The van der Waals surface area contributed by atoms with Crippen molar-refractivity contribution in [1.82, 2.24) is 9.88 Å². The third kappa shape index (κ3) is 2.62. The van der Waals surface area contributed by atoms with E-state index in [2.05, 4.69) is 4.98 Å². The number of aliphatic carboxylic acids is 1. The maximum absolute atomic E-state index is 11.2. The molecule has 1 saturated heterocycles. The Labute approximate surface area is 100 Å². The molecule has 1 N–H and O–H groups in total. The third-order valence-corrected chi connectivity index (χ3v) is 3.07. The summed E-state index contributed by atoms with van der Waals surface area (Å²) in [5.74, 6) is -0.840. The van der Waals surface area contributed by atoms with Crippen LogP contribution in [0.2, 0.25) is 0 Å². The van der Waals surface area contributed by atoms with Gasteiger partial charge in [-0.2, -0.15) is 0 Å². The zero-order valence-electron chi connectivity index (χ0n) is 9.74. The Morgan fingerprint density at radius 1 is 1.65 bits per heavy atom. The Hall–Kier alpha value is -1.46. The molecule has 0 spiro atoms. The fourth-order valence-corrected chi connectivity index (χ4v) is 2.09. The highest BCUT2D eigenvalue weighted by Crippen LogP contribution is 2.22. The zero-order valence-corrected chi connectivity index (χ0v) is 9.74. The summed E-state index contributed by atoms with van der Waals surface area (Å²) >= 11 is 0. The van der Waals surface area contributed by atoms with Gasteiger partial charge in [-0.25, -0.2) is 0 Å². The highest BCUT2D eigenvalue weighted by molar-refractivity contribution is 5.73. The van der Waals surface area contributed by atoms with Crippen LogP contribution < -0.4 is 0 Å². The number of hydrogen-bond acceptors (Lipinski definition) is 4. The summed E-state index contributed by atoms with van der Waals surface area (Å²) in [5, 5.41) is 9.16. The fourth-order valence-electron chi connectivity index (χ4n) is 2.09. The first-order valence-corrected chi connectivity index (χ1v) is 5.67. The number of ether oxygens (including phenoxy) is 1. The summed E-state index contributed by atoms with van der Waals surface area (Å²) in [5.41, 5.74) is 0.889. The van der Waals surface area contributed by atoms with Crippen LogP contribution in [0.3, 0.4) is 0 Å². The van der Waals surface area contributed by atoms with Gasteiger partial charge in [0.2, 0.25) is 0 Å². The smallest absolute Gasteiger partial charge is 0.323 e. The van der Waals surface area contributed by atoms with Crippen LogP contribution in [0.1, 0.15) is 18.7 Å². The topological polar surface area (TPSA) is 62.7 Å². The summed E-state index contributed by atoms with van der Waals surface area (Å²) in [6, 6.07) is 5.08. The monoisotopic (exact) mass is 236 g/mol. The van der Waals surface area contributed by atoms with Gasteiger partial charge in [0.15, 0.2) is 0 Å². The van der Waals surface area contributed by atoms with Gasteiger partial charge >= 0.3 is 5.97 Å². The second-order valence-corrected chi connectivity index (χ2v) is 4.10. The van der Waals surface area contributed by atoms with Crippen molar-refractivity contribution in [2.24, 2.45) is 0 Å². The van der Waals surface area contributed by atoms with Crippen molar-refractivity contribution < 1.29 is 14.6 Å². The molecule has 0 radical (unpaired) electrons. The van der Waals surface area contributed by atoms with Crippen LogP contribution in [0.15, 0.2) is 24.4 Å². The van der Waals surface area contributed by atoms with Crippen molar-refractivity contribution in [2.75, 3.05) is 19.8 Å². The molecular weight excluding hydrogens is 220 g/mol. The van der Waals surface area contributed by atoms with Crippen molar-refractivity contribution in [1.29, 1.82) is 0 Å². The first-order chi connectivity index (χ1) is 8.20. The Bertz CT molecular complexity index is 383. The summed E-state index contributed by atoms with van der Waals surface area (Å²) in [4.78, 5) is 17.4. The third-order valence-electron chi connectivity index (χ3n) is 3.07. The van der Waals surface area contributed by atoms with Crippen molar-refractivity contribution in [3.63, 3.8) is 0 Å². The molecule has 0 saturated carbocycles. The number of morpholine rings is 1. The molecule has 1 aliphatic heterocycles. The van der Waals surface area contributed by atoms with E-state index >= 15 is 0 Å². The van der Waals surface area contributed by atoms with Crippen LogP contribution >= 0.6 is 0 Å². The molecule has 2 rings (SSSR count). The highest BCUT2D eigenvalue weighted by atomic mass is 16.5. The number of pyridine rings is 1. The van der Waals surface area contributed by atoms with E-state index in [0.29, 0.717) is 13.2 Å². The van der Waals surface area contributed by atoms with E-state index in [9.17, 15) is 4.79 Å². The quantitative estimate of drug-likeness (QED) is 0.845. The number of carboxylic acids is 1. The predicted octanol–water partition coefficient (Wildman–Crippen LogP) is 0.928. The lowest BCUT2D eigenvalue weighted by molar-refractivity contribution is -0.151. The lowest BCUT2D eigenvalue weighted by Gasteiger charge is -2.36. The lowest BCUT2D eigenvalue weighted by Crippen LogP contribution is -2.50. The van der Waals surface area contributed by atoms with Crippen LogP contribution in [0.25, 0.3) is 0 Å². The van der Waals surface area contributed by atoms with Gasteiger partial charge in [-0.05, 0) is 19.1 Å². The van der Waals surface area contributed by atoms with Gasteiger partial charge in [-0.3, -0.25) is 14.7 Å². The van der Waals surface area contributed by atoms with Crippen LogP contribution in [-0.2, 0) is 9.53 Å². The minimum atomic E-state index is -0.840. The van der Waals surface area contributed by atoms with E-state index in [0.717, 1.165) is 5.69 Å². The summed E-state index contributed by atoms with van der Waals surface area (Å²) in [6.45, 7) is 3.41. The van der Waals surface area contributed by atoms with E-state index in [4.69, 9.17) is 9.84 Å². The second-order valence-electron chi connectivity index (χ2n) is 4.10. The average Bonchev–Trinajstić information content (AvgIpc) is 2.39. The van der Waals surface area contributed by atoms with Gasteiger partial charge in [0.05, 0.1) is 24.9 Å². The Kier molecular flexibility index (Phi) is 3.71. The van der Waals surface area contributed by atoms with E-state index in [1.54, 1.807) is 6.20 Å². The molecule has 2 heterocycles. The minimum Gasteiger partial charge on any atom is -0.480 e. The zero-order chi connectivity index (χ0) is 12.3. The molecule has 0 amide bonds. The van der Waals surface area contributed by atoms with Gasteiger partial charge in [-0.1, -0.05) is 6.07 Å². The Morgan fingerprint density at radius 2 is 2.47 bits per heavy atom. The van der Waals surface area contributed by atoms with Crippen molar-refractivity contribution in [2.45, 2.75) is 19.0 Å². The van der Waals surface area contributed by atoms with Crippen molar-refractivity contribution in [3.05, 3.63) is 30.1 Å². The largest absolute Gasteiger partial charge is 0.480 e. The normalized spacial score (nSPS) is 23.2. The maximum atomic E-state index is 11.2. The SMILES string of the molecule is CC(c1ccccn1)N1CCOCC1C(=O)O. The van der Waals surface area contributed by atoms with E-state index in [1.807, 2.05) is 30.0 Å². The first kappa shape index (κ1) is 12.0. The molecule has 0 aliphatic carbocycles.